The van der Waals surface area contributed by atoms with Gasteiger partial charge in [-0.1, -0.05) is 29.8 Å². The van der Waals surface area contributed by atoms with E-state index in [1.807, 2.05) is 18.2 Å². The van der Waals surface area contributed by atoms with Gasteiger partial charge in [0.2, 0.25) is 5.28 Å². The van der Waals surface area contributed by atoms with E-state index in [2.05, 4.69) is 20.4 Å². The second kappa shape index (κ2) is 10.6. The highest BCUT2D eigenvalue weighted by atomic mass is 35.5. The summed E-state index contributed by atoms with van der Waals surface area (Å²) in [6.07, 6.45) is -3.33. The number of nitrogens with one attached hydrogen (secondary N) is 1. The molecule has 0 unspecified atom stereocenters. The lowest BCUT2D eigenvalue weighted by atomic mass is 10.1. The first-order valence-corrected chi connectivity index (χ1v) is 13.3. The Morgan fingerprint density at radius 1 is 1.21 bits per heavy atom. The van der Waals surface area contributed by atoms with E-state index in [4.69, 9.17) is 41.9 Å². The molecule has 16 heteroatoms. The smallest absolute Gasteiger partial charge is 0.337 e. The number of ether oxygens (including phenoxy) is 1. The fourth-order valence-electron chi connectivity index (χ4n) is 3.33. The molecule has 0 saturated carbocycles. The Kier molecular flexibility index (Phi) is 7.99. The zero-order valence-corrected chi connectivity index (χ0v) is 20.5. The van der Waals surface area contributed by atoms with Gasteiger partial charge >= 0.3 is 7.60 Å². The molecule has 3 heterocycles. The number of aliphatic hydroxyl groups excluding tert-OH is 2. The van der Waals surface area contributed by atoms with Crippen LogP contribution in [-0.2, 0) is 20.0 Å². The predicted molar refractivity (Wildman–Crippen MR) is 125 cm³/mol. The van der Waals surface area contributed by atoms with E-state index in [0.29, 0.717) is 34.8 Å². The van der Waals surface area contributed by atoms with Gasteiger partial charge in [0.15, 0.2) is 11.9 Å². The van der Waals surface area contributed by atoms with Gasteiger partial charge in [0, 0.05) is 23.6 Å². The molecule has 0 spiro atoms. The topological polar surface area (TPSA) is 172 Å². The van der Waals surface area contributed by atoms with Crippen molar-refractivity contribution in [3.8, 4) is 0 Å². The monoisotopic (exact) mass is 551 g/mol. The molecule has 4 atom stereocenters. The van der Waals surface area contributed by atoms with E-state index in [-0.39, 0.29) is 17.5 Å². The van der Waals surface area contributed by atoms with Crippen LogP contribution in [0.3, 0.4) is 0 Å². The molecule has 5 N–H and O–H groups in total. The van der Waals surface area contributed by atoms with E-state index in [1.165, 1.54) is 10.9 Å². The summed E-state index contributed by atoms with van der Waals surface area (Å²) in [7, 11) is -4.24. The van der Waals surface area contributed by atoms with E-state index >= 15 is 0 Å². The number of halogens is 2. The second-order valence-corrected chi connectivity index (χ2v) is 10.9. The Labute approximate surface area is 207 Å². The molecule has 34 heavy (non-hydrogen) atoms. The first-order chi connectivity index (χ1) is 16.1. The van der Waals surface area contributed by atoms with E-state index in [1.54, 1.807) is 6.07 Å². The Balaban J connectivity index is 1.51. The van der Waals surface area contributed by atoms with Crippen molar-refractivity contribution in [2.45, 2.75) is 31.1 Å². The molecule has 3 aromatic rings. The van der Waals surface area contributed by atoms with Gasteiger partial charge in [-0.25, -0.2) is 4.68 Å². The average Bonchev–Trinajstić information content (AvgIpc) is 3.31. The first kappa shape index (κ1) is 25.6. The lowest BCUT2D eigenvalue weighted by Crippen LogP contribution is -2.33. The Morgan fingerprint density at radius 3 is 2.71 bits per heavy atom. The van der Waals surface area contributed by atoms with Gasteiger partial charge in [0.05, 0.1) is 18.2 Å². The normalized spacial score (nSPS) is 23.0. The van der Waals surface area contributed by atoms with Crippen molar-refractivity contribution in [3.05, 3.63) is 46.3 Å². The van der Waals surface area contributed by atoms with Gasteiger partial charge in [0.1, 0.15) is 29.6 Å². The minimum atomic E-state index is -4.24. The van der Waals surface area contributed by atoms with Gasteiger partial charge in [-0.15, -0.1) is 0 Å². The highest BCUT2D eigenvalue weighted by molar-refractivity contribution is 8.00. The van der Waals surface area contributed by atoms with Crippen molar-refractivity contribution in [1.82, 2.24) is 19.7 Å². The average molecular weight is 552 g/mol. The highest BCUT2D eigenvalue weighted by Gasteiger charge is 2.45. The van der Waals surface area contributed by atoms with Crippen LogP contribution in [0.2, 0.25) is 10.3 Å². The largest absolute Gasteiger partial charge is 0.387 e. The lowest BCUT2D eigenvalue weighted by Gasteiger charge is -2.16. The minimum Gasteiger partial charge on any atom is -0.387 e. The van der Waals surface area contributed by atoms with Crippen molar-refractivity contribution in [2.24, 2.45) is 0 Å². The highest BCUT2D eigenvalue weighted by Crippen LogP contribution is 2.39. The van der Waals surface area contributed by atoms with E-state index in [0.717, 1.165) is 5.56 Å². The molecule has 4 rings (SSSR count). The van der Waals surface area contributed by atoms with Crippen LogP contribution in [0, 0.1) is 0 Å². The number of hydrogen-bond donors (Lipinski definition) is 5. The molecule has 2 aromatic heterocycles. The molecule has 1 aromatic carbocycles. The quantitative estimate of drug-likeness (QED) is 0.114. The van der Waals surface area contributed by atoms with Crippen LogP contribution in [0.1, 0.15) is 11.8 Å². The number of aliphatic hydroxyl groups is 2. The number of benzene rings is 1. The minimum absolute atomic E-state index is 0.0716. The molecule has 0 amide bonds. The third kappa shape index (κ3) is 5.82. The molecule has 1 saturated heterocycles. The van der Waals surface area contributed by atoms with Gasteiger partial charge in [0.25, 0.3) is 0 Å². The maximum atomic E-state index is 10.9. The molecule has 184 valence electrons. The summed E-state index contributed by atoms with van der Waals surface area (Å²) >= 11 is 12.9. The molecule has 1 aliphatic heterocycles. The Morgan fingerprint density at radius 2 is 1.97 bits per heavy atom. The van der Waals surface area contributed by atoms with Crippen LogP contribution in [0.4, 0.5) is 5.82 Å². The van der Waals surface area contributed by atoms with Gasteiger partial charge < -0.3 is 34.2 Å². The molecule has 0 radical (unpaired) electrons. The van der Waals surface area contributed by atoms with Crippen molar-refractivity contribution >= 4 is 59.7 Å². The van der Waals surface area contributed by atoms with Gasteiger partial charge in [-0.3, -0.25) is 4.57 Å². The van der Waals surface area contributed by atoms with Crippen LogP contribution < -0.4 is 5.32 Å². The number of fused-ring (bicyclic) bond motifs is 1. The SMILES string of the molecule is O=P(O)(O)CSOC[C@H]1O[C@@H](n2ncc3c(NCc4ccccc4Cl)nc(Cl)nc32)[C@H](O)[C@@H]1O. The van der Waals surface area contributed by atoms with E-state index < -0.39 is 37.6 Å². The fraction of sp³-hybridized carbons (Fsp3) is 0.389. The number of nitrogens with zero attached hydrogens (tertiary/aromatic N) is 4. The molecule has 1 aliphatic rings. The summed E-state index contributed by atoms with van der Waals surface area (Å²) < 4.78 is 23.0. The number of aromatic nitrogens is 4. The molecule has 12 nitrogen and oxygen atoms in total. The van der Waals surface area contributed by atoms with Gasteiger partial charge in [-0.2, -0.15) is 15.1 Å². The molecule has 0 aliphatic carbocycles. The van der Waals surface area contributed by atoms with Crippen LogP contribution >= 0.6 is 42.8 Å². The second-order valence-electron chi connectivity index (χ2n) is 7.36. The fourth-order valence-corrected chi connectivity index (χ4v) is 4.78. The molecule has 0 bridgehead atoms. The molecular formula is C18H20Cl2N5O7PS. The van der Waals surface area contributed by atoms with Gasteiger partial charge in [-0.05, 0) is 23.2 Å². The predicted octanol–water partition coefficient (Wildman–Crippen LogP) is 2.16. The van der Waals surface area contributed by atoms with Crippen molar-refractivity contribution in [2.75, 3.05) is 17.4 Å². The summed E-state index contributed by atoms with van der Waals surface area (Å²) in [6, 6.07) is 7.32. The lowest BCUT2D eigenvalue weighted by molar-refractivity contribution is -0.0514. The van der Waals surface area contributed by atoms with Crippen LogP contribution in [0.5, 0.6) is 0 Å². The molecular weight excluding hydrogens is 532 g/mol. The third-order valence-corrected chi connectivity index (χ3v) is 7.55. The first-order valence-electron chi connectivity index (χ1n) is 9.82. The zero-order valence-electron chi connectivity index (χ0n) is 17.2. The maximum Gasteiger partial charge on any atom is 0.337 e. The Bertz CT molecular complexity index is 1210. The summed E-state index contributed by atoms with van der Waals surface area (Å²) in [5, 5.41) is 29.3. The summed E-state index contributed by atoms with van der Waals surface area (Å²) in [5.41, 5.74) is 0.553. The summed E-state index contributed by atoms with van der Waals surface area (Å²) in [4.78, 5) is 26.2. The van der Waals surface area contributed by atoms with Crippen molar-refractivity contribution < 1.29 is 33.5 Å². The van der Waals surface area contributed by atoms with Crippen LogP contribution in [0.15, 0.2) is 30.5 Å². The number of hydrogen-bond acceptors (Lipinski definition) is 10. The zero-order chi connectivity index (χ0) is 24.5. The Hall–Kier alpha value is -1.51. The van der Waals surface area contributed by atoms with Crippen LogP contribution in [0.25, 0.3) is 11.0 Å². The van der Waals surface area contributed by atoms with Crippen molar-refractivity contribution in [1.29, 1.82) is 0 Å². The maximum absolute atomic E-state index is 10.9. The number of anilines is 1. The standard InChI is InChI=1S/C18H20Cl2N5O7PS/c19-11-4-2-1-3-9(11)5-21-15-10-6-22-25(16(10)24-18(20)23-15)17-14(27)13(26)12(32-17)7-31-34-8-33(28,29)30/h1-4,6,12-14,17,26-27H,5,7-8H2,(H,21,23,24)(H2,28,29,30)/t12-,13-,14-,17-/m1/s1. The van der Waals surface area contributed by atoms with E-state index in [9.17, 15) is 14.8 Å². The third-order valence-electron chi connectivity index (χ3n) is 4.95. The van der Waals surface area contributed by atoms with Crippen molar-refractivity contribution in [3.63, 3.8) is 0 Å². The number of rotatable bonds is 9. The summed E-state index contributed by atoms with van der Waals surface area (Å²) in [5.74, 6) is 0.392. The summed E-state index contributed by atoms with van der Waals surface area (Å²) in [6.45, 7) is 0.138. The van der Waals surface area contributed by atoms with Crippen LogP contribution in [-0.4, -0.2) is 70.2 Å². The molecule has 1 fully saturated rings.